The molecule has 0 amide bonds. The van der Waals surface area contributed by atoms with Crippen molar-refractivity contribution in [1.82, 2.24) is 0 Å². The Hall–Kier alpha value is -2.17. The molecule has 0 aromatic heterocycles. The number of alkyl halides is 3. The quantitative estimate of drug-likeness (QED) is 0.885. The molecule has 0 atom stereocenters. The van der Waals surface area contributed by atoms with E-state index in [1.807, 2.05) is 30.3 Å². The molecule has 2 aromatic carbocycles. The molecule has 0 saturated carbocycles. The molecule has 0 spiro atoms. The fraction of sp³-hybridized carbons (Fsp3) is 0.200. The number of hydrogen-bond donors (Lipinski definition) is 1. The predicted octanol–water partition coefficient (Wildman–Crippen LogP) is 4.24. The van der Waals surface area contributed by atoms with Gasteiger partial charge < -0.3 is 10.1 Å². The first kappa shape index (κ1) is 14.2. The molecule has 0 aliphatic carbocycles. The summed E-state index contributed by atoms with van der Waals surface area (Å²) in [5.41, 5.74) is 1.45. The van der Waals surface area contributed by atoms with E-state index in [1.54, 1.807) is 12.1 Å². The highest BCUT2D eigenvalue weighted by Crippen LogP contribution is 2.29. The summed E-state index contributed by atoms with van der Waals surface area (Å²) < 4.78 is 40.7. The molecule has 106 valence electrons. The Labute approximate surface area is 115 Å². The van der Waals surface area contributed by atoms with E-state index >= 15 is 0 Å². The average Bonchev–Trinajstić information content (AvgIpc) is 2.40. The van der Waals surface area contributed by atoms with Crippen LogP contribution in [0.1, 0.15) is 5.56 Å². The van der Waals surface area contributed by atoms with Crippen molar-refractivity contribution in [2.45, 2.75) is 12.8 Å². The van der Waals surface area contributed by atoms with Crippen molar-refractivity contribution in [2.75, 3.05) is 11.9 Å². The van der Waals surface area contributed by atoms with Crippen molar-refractivity contribution in [3.8, 4) is 5.75 Å². The van der Waals surface area contributed by atoms with Gasteiger partial charge in [0.25, 0.3) is 0 Å². The van der Waals surface area contributed by atoms with Crippen LogP contribution in [0.4, 0.5) is 18.9 Å². The Balaban J connectivity index is 1.96. The molecular weight excluding hydrogens is 267 g/mol. The molecule has 0 heterocycles. The van der Waals surface area contributed by atoms with Crippen LogP contribution in [0.2, 0.25) is 0 Å². The lowest BCUT2D eigenvalue weighted by atomic mass is 10.1. The van der Waals surface area contributed by atoms with E-state index in [0.29, 0.717) is 12.2 Å². The molecule has 1 N–H and O–H groups in total. The molecule has 0 aliphatic rings. The third-order valence-electron chi connectivity index (χ3n) is 2.68. The van der Waals surface area contributed by atoms with Crippen molar-refractivity contribution in [2.24, 2.45) is 0 Å². The SMILES string of the molecule is FC(F)(F)Oc1ccccc1NCCc1ccccc1. The van der Waals surface area contributed by atoms with E-state index < -0.39 is 6.36 Å². The monoisotopic (exact) mass is 281 g/mol. The maximum Gasteiger partial charge on any atom is 0.573 e. The second-order valence-corrected chi connectivity index (χ2v) is 4.21. The van der Waals surface area contributed by atoms with Gasteiger partial charge in [-0.15, -0.1) is 13.2 Å². The van der Waals surface area contributed by atoms with Gasteiger partial charge in [0.05, 0.1) is 5.69 Å². The molecule has 0 fully saturated rings. The van der Waals surface area contributed by atoms with Gasteiger partial charge >= 0.3 is 6.36 Å². The summed E-state index contributed by atoms with van der Waals surface area (Å²) in [6.45, 7) is 0.530. The zero-order valence-electron chi connectivity index (χ0n) is 10.7. The maximum atomic E-state index is 12.3. The van der Waals surface area contributed by atoms with Gasteiger partial charge in [0.2, 0.25) is 0 Å². The van der Waals surface area contributed by atoms with E-state index in [2.05, 4.69) is 10.1 Å². The Kier molecular flexibility index (Phi) is 4.50. The van der Waals surface area contributed by atoms with Crippen molar-refractivity contribution < 1.29 is 17.9 Å². The minimum absolute atomic E-state index is 0.215. The molecule has 0 saturated heterocycles. The molecule has 2 rings (SSSR count). The van der Waals surface area contributed by atoms with Crippen LogP contribution in [0.5, 0.6) is 5.75 Å². The van der Waals surface area contributed by atoms with Crippen LogP contribution in [0.15, 0.2) is 54.6 Å². The van der Waals surface area contributed by atoms with Crippen molar-refractivity contribution in [3.05, 3.63) is 60.2 Å². The number of anilines is 1. The van der Waals surface area contributed by atoms with Crippen LogP contribution in [-0.2, 0) is 6.42 Å². The number of hydrogen-bond acceptors (Lipinski definition) is 2. The molecule has 0 aliphatic heterocycles. The Morgan fingerprint density at radius 2 is 1.55 bits per heavy atom. The van der Waals surface area contributed by atoms with Crippen LogP contribution in [-0.4, -0.2) is 12.9 Å². The van der Waals surface area contributed by atoms with Gasteiger partial charge in [0.1, 0.15) is 0 Å². The zero-order chi connectivity index (χ0) is 14.4. The largest absolute Gasteiger partial charge is 0.573 e. The summed E-state index contributed by atoms with van der Waals surface area (Å²) >= 11 is 0. The summed E-state index contributed by atoms with van der Waals surface area (Å²) in [5.74, 6) is -0.215. The molecule has 0 unspecified atom stereocenters. The lowest BCUT2D eigenvalue weighted by Gasteiger charge is -2.14. The number of benzene rings is 2. The number of para-hydroxylation sites is 2. The lowest BCUT2D eigenvalue weighted by molar-refractivity contribution is -0.274. The molecule has 5 heteroatoms. The smallest absolute Gasteiger partial charge is 0.404 e. The summed E-state index contributed by atoms with van der Waals surface area (Å²) in [7, 11) is 0. The third kappa shape index (κ3) is 4.50. The van der Waals surface area contributed by atoms with E-state index in [1.165, 1.54) is 12.1 Å². The Morgan fingerprint density at radius 3 is 2.25 bits per heavy atom. The van der Waals surface area contributed by atoms with Gasteiger partial charge in [0.15, 0.2) is 5.75 Å². The number of halogens is 3. The Morgan fingerprint density at radius 1 is 0.900 bits per heavy atom. The van der Waals surface area contributed by atoms with Crippen molar-refractivity contribution >= 4 is 5.69 Å². The highest BCUT2D eigenvalue weighted by molar-refractivity contribution is 5.56. The van der Waals surface area contributed by atoms with Crippen molar-refractivity contribution in [1.29, 1.82) is 0 Å². The van der Waals surface area contributed by atoms with Gasteiger partial charge in [-0.05, 0) is 24.1 Å². The fourth-order valence-electron chi connectivity index (χ4n) is 1.81. The predicted molar refractivity (Wildman–Crippen MR) is 71.8 cm³/mol. The topological polar surface area (TPSA) is 21.3 Å². The number of nitrogens with one attached hydrogen (secondary N) is 1. The summed E-state index contributed by atoms with van der Waals surface area (Å²) in [6, 6.07) is 15.7. The van der Waals surface area contributed by atoms with E-state index in [9.17, 15) is 13.2 Å². The summed E-state index contributed by atoms with van der Waals surface area (Å²) in [5, 5.41) is 2.96. The molecular formula is C15H14F3NO. The van der Waals surface area contributed by atoms with Gasteiger partial charge in [0, 0.05) is 6.54 Å². The summed E-state index contributed by atoms with van der Waals surface area (Å²) in [4.78, 5) is 0. The average molecular weight is 281 g/mol. The van der Waals surface area contributed by atoms with Gasteiger partial charge in [-0.1, -0.05) is 42.5 Å². The molecule has 20 heavy (non-hydrogen) atoms. The second kappa shape index (κ2) is 6.32. The Bertz CT molecular complexity index is 540. The van der Waals surface area contributed by atoms with E-state index in [0.717, 1.165) is 12.0 Å². The molecule has 2 aromatic rings. The highest BCUT2D eigenvalue weighted by Gasteiger charge is 2.31. The zero-order valence-corrected chi connectivity index (χ0v) is 10.7. The lowest BCUT2D eigenvalue weighted by Crippen LogP contribution is -2.18. The maximum absolute atomic E-state index is 12.3. The van der Waals surface area contributed by atoms with Gasteiger partial charge in [-0.25, -0.2) is 0 Å². The minimum Gasteiger partial charge on any atom is -0.404 e. The van der Waals surface area contributed by atoms with Gasteiger partial charge in [-0.3, -0.25) is 0 Å². The highest BCUT2D eigenvalue weighted by atomic mass is 19.4. The van der Waals surface area contributed by atoms with Crippen LogP contribution in [0.25, 0.3) is 0 Å². The first-order valence-corrected chi connectivity index (χ1v) is 6.17. The van der Waals surface area contributed by atoms with Crippen LogP contribution >= 0.6 is 0 Å². The molecule has 2 nitrogen and oxygen atoms in total. The normalized spacial score (nSPS) is 11.2. The number of ether oxygens (including phenoxy) is 1. The first-order valence-electron chi connectivity index (χ1n) is 6.17. The van der Waals surface area contributed by atoms with Crippen molar-refractivity contribution in [3.63, 3.8) is 0 Å². The van der Waals surface area contributed by atoms with Crippen LogP contribution in [0, 0.1) is 0 Å². The third-order valence-corrected chi connectivity index (χ3v) is 2.68. The molecule has 0 bridgehead atoms. The van der Waals surface area contributed by atoms with Crippen LogP contribution < -0.4 is 10.1 Å². The van der Waals surface area contributed by atoms with E-state index in [-0.39, 0.29) is 5.75 Å². The molecule has 0 radical (unpaired) electrons. The van der Waals surface area contributed by atoms with E-state index in [4.69, 9.17) is 0 Å². The van der Waals surface area contributed by atoms with Crippen LogP contribution in [0.3, 0.4) is 0 Å². The standard InChI is InChI=1S/C15H14F3NO/c16-15(17,18)20-14-9-5-4-8-13(14)19-11-10-12-6-2-1-3-7-12/h1-9,19H,10-11H2. The van der Waals surface area contributed by atoms with Gasteiger partial charge in [-0.2, -0.15) is 0 Å². The minimum atomic E-state index is -4.68. The first-order chi connectivity index (χ1) is 9.54. The number of rotatable bonds is 5. The second-order valence-electron chi connectivity index (χ2n) is 4.21. The fourth-order valence-corrected chi connectivity index (χ4v) is 1.81. The summed E-state index contributed by atoms with van der Waals surface area (Å²) in [6.07, 6.45) is -3.96.